The van der Waals surface area contributed by atoms with Crippen LogP contribution in [0.3, 0.4) is 0 Å². The molecule has 0 spiro atoms. The van der Waals surface area contributed by atoms with Gasteiger partial charge in [0, 0.05) is 24.5 Å². The van der Waals surface area contributed by atoms with Gasteiger partial charge in [-0.3, -0.25) is 4.79 Å². The highest BCUT2D eigenvalue weighted by molar-refractivity contribution is 6.29. The number of nitrogens with zero attached hydrogens (tertiary/aromatic N) is 2. The van der Waals surface area contributed by atoms with Gasteiger partial charge in [-0.15, -0.1) is 0 Å². The standard InChI is InChI=1S/C19H26ClN3O2/c1-12-11-16(20)21-17-15(9-10-23(12)17)18(24)22-19(2,3)13-5-7-14(25-4)8-6-13/h9-11,13-14H,5-8H2,1-4H3,(H,22,24)/t13-,14-. The van der Waals surface area contributed by atoms with Crippen LogP contribution in [0, 0.1) is 12.8 Å². The number of methoxy groups -OCH3 is 1. The molecule has 0 atom stereocenters. The van der Waals surface area contributed by atoms with Crippen molar-refractivity contribution in [1.82, 2.24) is 14.7 Å². The Labute approximate surface area is 153 Å². The zero-order chi connectivity index (χ0) is 18.2. The quantitative estimate of drug-likeness (QED) is 0.835. The number of halogens is 1. The lowest BCUT2D eigenvalue weighted by molar-refractivity contribution is 0.0397. The van der Waals surface area contributed by atoms with E-state index in [1.54, 1.807) is 19.2 Å². The summed E-state index contributed by atoms with van der Waals surface area (Å²) in [4.78, 5) is 17.2. The van der Waals surface area contributed by atoms with Crippen LogP contribution in [0.25, 0.3) is 5.65 Å². The monoisotopic (exact) mass is 363 g/mol. The molecule has 6 heteroatoms. The van der Waals surface area contributed by atoms with E-state index in [1.807, 2.05) is 17.5 Å². The van der Waals surface area contributed by atoms with Crippen LogP contribution in [0.2, 0.25) is 5.15 Å². The van der Waals surface area contributed by atoms with Crippen LogP contribution in [0.4, 0.5) is 0 Å². The highest BCUT2D eigenvalue weighted by atomic mass is 35.5. The highest BCUT2D eigenvalue weighted by Gasteiger charge is 2.35. The number of ether oxygens (including phenoxy) is 1. The van der Waals surface area contributed by atoms with Crippen molar-refractivity contribution in [3.05, 3.63) is 34.7 Å². The van der Waals surface area contributed by atoms with Crippen molar-refractivity contribution in [2.45, 2.75) is 58.1 Å². The van der Waals surface area contributed by atoms with Gasteiger partial charge in [0.05, 0.1) is 11.7 Å². The van der Waals surface area contributed by atoms with E-state index in [9.17, 15) is 4.79 Å². The molecule has 1 saturated carbocycles. The molecule has 1 fully saturated rings. The van der Waals surface area contributed by atoms with E-state index >= 15 is 0 Å². The number of amides is 1. The lowest BCUT2D eigenvalue weighted by Crippen LogP contribution is -2.50. The number of hydrogen-bond donors (Lipinski definition) is 1. The number of nitrogens with one attached hydrogen (secondary N) is 1. The van der Waals surface area contributed by atoms with Gasteiger partial charge in [0.1, 0.15) is 5.15 Å². The number of aromatic nitrogens is 2. The molecule has 0 radical (unpaired) electrons. The van der Waals surface area contributed by atoms with Gasteiger partial charge in [0.25, 0.3) is 5.91 Å². The summed E-state index contributed by atoms with van der Waals surface area (Å²) in [5, 5.41) is 3.61. The summed E-state index contributed by atoms with van der Waals surface area (Å²) in [5.74, 6) is 0.338. The lowest BCUT2D eigenvalue weighted by Gasteiger charge is -2.39. The van der Waals surface area contributed by atoms with Gasteiger partial charge >= 0.3 is 0 Å². The number of carbonyl (C=O) groups excluding carboxylic acids is 1. The molecular weight excluding hydrogens is 338 g/mol. The topological polar surface area (TPSA) is 55.6 Å². The Morgan fingerprint density at radius 3 is 2.68 bits per heavy atom. The molecule has 0 bridgehead atoms. The van der Waals surface area contributed by atoms with E-state index in [0.717, 1.165) is 31.4 Å². The Hall–Kier alpha value is -1.59. The average molecular weight is 364 g/mol. The van der Waals surface area contributed by atoms with E-state index in [0.29, 0.717) is 28.4 Å². The zero-order valence-electron chi connectivity index (χ0n) is 15.3. The van der Waals surface area contributed by atoms with Crippen molar-refractivity contribution in [1.29, 1.82) is 0 Å². The Morgan fingerprint density at radius 2 is 2.04 bits per heavy atom. The number of aryl methyl sites for hydroxylation is 1. The first kappa shape index (κ1) is 18.2. The van der Waals surface area contributed by atoms with Crippen molar-refractivity contribution in [3.63, 3.8) is 0 Å². The SMILES string of the molecule is CO[C@H]1CC[C@H](C(C)(C)NC(=O)c2ccn3c(C)cc(Cl)nc23)CC1. The second-order valence-corrected chi connectivity index (χ2v) is 7.92. The molecule has 1 N–H and O–H groups in total. The second-order valence-electron chi connectivity index (χ2n) is 7.53. The summed E-state index contributed by atoms with van der Waals surface area (Å²) >= 11 is 6.07. The minimum atomic E-state index is -0.280. The van der Waals surface area contributed by atoms with Crippen LogP contribution >= 0.6 is 11.6 Å². The third kappa shape index (κ3) is 3.67. The van der Waals surface area contributed by atoms with Crippen LogP contribution < -0.4 is 5.32 Å². The third-order valence-electron chi connectivity index (χ3n) is 5.49. The van der Waals surface area contributed by atoms with Crippen molar-refractivity contribution in [2.75, 3.05) is 7.11 Å². The van der Waals surface area contributed by atoms with Gasteiger partial charge < -0.3 is 14.5 Å². The van der Waals surface area contributed by atoms with Gasteiger partial charge in [-0.05, 0) is 64.5 Å². The summed E-state index contributed by atoms with van der Waals surface area (Å²) in [5.41, 5.74) is 1.83. The maximum Gasteiger partial charge on any atom is 0.255 e. The number of rotatable bonds is 4. The molecule has 5 nitrogen and oxygen atoms in total. The van der Waals surface area contributed by atoms with E-state index in [1.165, 1.54) is 0 Å². The predicted molar refractivity (Wildman–Crippen MR) is 99.2 cm³/mol. The molecule has 136 valence electrons. The Balaban J connectivity index is 1.78. The summed E-state index contributed by atoms with van der Waals surface area (Å²) in [6.45, 7) is 6.15. The fraction of sp³-hybridized carbons (Fsp3) is 0.579. The minimum Gasteiger partial charge on any atom is -0.381 e. The van der Waals surface area contributed by atoms with Gasteiger partial charge in [0.2, 0.25) is 0 Å². The van der Waals surface area contributed by atoms with E-state index < -0.39 is 0 Å². The Kier molecular flexibility index (Phi) is 5.07. The first-order chi connectivity index (χ1) is 11.8. The van der Waals surface area contributed by atoms with Crippen LogP contribution in [0.1, 0.15) is 55.6 Å². The Morgan fingerprint density at radius 1 is 1.36 bits per heavy atom. The summed E-state index contributed by atoms with van der Waals surface area (Å²) in [6, 6.07) is 3.59. The van der Waals surface area contributed by atoms with Crippen molar-refractivity contribution in [2.24, 2.45) is 5.92 Å². The van der Waals surface area contributed by atoms with Crippen LogP contribution in [-0.4, -0.2) is 34.0 Å². The molecule has 2 aromatic heterocycles. The maximum atomic E-state index is 12.9. The summed E-state index contributed by atoms with van der Waals surface area (Å²) < 4.78 is 7.34. The predicted octanol–water partition coefficient (Wildman–Crippen LogP) is 4.01. The molecule has 0 saturated heterocycles. The van der Waals surface area contributed by atoms with E-state index in [2.05, 4.69) is 24.1 Å². The second kappa shape index (κ2) is 6.96. The number of carbonyl (C=O) groups is 1. The molecule has 1 amide bonds. The molecule has 0 unspecified atom stereocenters. The van der Waals surface area contributed by atoms with Crippen molar-refractivity contribution < 1.29 is 9.53 Å². The third-order valence-corrected chi connectivity index (χ3v) is 5.68. The van der Waals surface area contributed by atoms with Crippen LogP contribution in [0.15, 0.2) is 18.3 Å². The molecule has 2 aromatic rings. The molecule has 2 heterocycles. The van der Waals surface area contributed by atoms with Gasteiger partial charge in [-0.2, -0.15) is 0 Å². The van der Waals surface area contributed by atoms with Crippen molar-refractivity contribution in [3.8, 4) is 0 Å². The highest BCUT2D eigenvalue weighted by Crippen LogP contribution is 2.34. The fourth-order valence-electron chi connectivity index (χ4n) is 3.86. The van der Waals surface area contributed by atoms with Gasteiger partial charge in [0.15, 0.2) is 5.65 Å². The van der Waals surface area contributed by atoms with E-state index in [-0.39, 0.29) is 11.4 Å². The van der Waals surface area contributed by atoms with Gasteiger partial charge in [-0.25, -0.2) is 4.98 Å². The minimum absolute atomic E-state index is 0.101. The smallest absolute Gasteiger partial charge is 0.255 e. The summed E-state index contributed by atoms with van der Waals surface area (Å²) in [6.07, 6.45) is 6.43. The summed E-state index contributed by atoms with van der Waals surface area (Å²) in [7, 11) is 1.77. The number of fused-ring (bicyclic) bond motifs is 1. The van der Waals surface area contributed by atoms with Crippen molar-refractivity contribution >= 4 is 23.2 Å². The van der Waals surface area contributed by atoms with Crippen LogP contribution in [0.5, 0.6) is 0 Å². The normalized spacial score (nSPS) is 21.5. The van der Waals surface area contributed by atoms with E-state index in [4.69, 9.17) is 16.3 Å². The van der Waals surface area contributed by atoms with Gasteiger partial charge in [-0.1, -0.05) is 11.6 Å². The first-order valence-corrected chi connectivity index (χ1v) is 9.19. The maximum absolute atomic E-state index is 12.9. The molecule has 0 aliphatic heterocycles. The molecule has 0 aromatic carbocycles. The number of hydrogen-bond acceptors (Lipinski definition) is 3. The molecule has 25 heavy (non-hydrogen) atoms. The molecule has 3 rings (SSSR count). The van der Waals surface area contributed by atoms with Crippen LogP contribution in [-0.2, 0) is 4.74 Å². The Bertz CT molecular complexity index is 776. The molecule has 1 aliphatic carbocycles. The fourth-order valence-corrected chi connectivity index (χ4v) is 4.10. The molecule has 1 aliphatic rings. The largest absolute Gasteiger partial charge is 0.381 e. The lowest BCUT2D eigenvalue weighted by atomic mass is 9.75. The first-order valence-electron chi connectivity index (χ1n) is 8.81. The zero-order valence-corrected chi connectivity index (χ0v) is 16.1. The average Bonchev–Trinajstić information content (AvgIpc) is 2.98. The molecular formula is C19H26ClN3O2.